The van der Waals surface area contributed by atoms with Crippen LogP contribution in [0.5, 0.6) is 0 Å². The number of rotatable bonds is 5. The smallest absolute Gasteiger partial charge is 0.261 e. The van der Waals surface area contributed by atoms with Crippen molar-refractivity contribution in [2.24, 2.45) is 11.8 Å². The molecule has 2 N–H and O–H groups in total. The number of carbonyl (C=O) groups excluding carboxylic acids is 2. The van der Waals surface area contributed by atoms with Crippen LogP contribution in [-0.2, 0) is 4.79 Å². The first-order valence-electron chi connectivity index (χ1n) is 7.69. The Morgan fingerprint density at radius 3 is 2.86 bits per heavy atom. The predicted octanol–water partition coefficient (Wildman–Crippen LogP) is 2.81. The number of carbonyl (C=O) groups is 2. The van der Waals surface area contributed by atoms with Gasteiger partial charge in [0.05, 0.1) is 4.88 Å². The number of nitrogens with one attached hydrogen (secondary N) is 2. The van der Waals surface area contributed by atoms with Crippen LogP contribution in [0.3, 0.4) is 0 Å². The molecule has 1 fully saturated rings. The van der Waals surface area contributed by atoms with Gasteiger partial charge >= 0.3 is 0 Å². The summed E-state index contributed by atoms with van der Waals surface area (Å²) in [6.45, 7) is 4.86. The molecule has 0 bridgehead atoms. The van der Waals surface area contributed by atoms with Crippen LogP contribution >= 0.6 is 11.3 Å². The Labute approximate surface area is 130 Å². The molecule has 3 atom stereocenters. The normalized spacial score (nSPS) is 25.3. The number of hydrogen-bond acceptors (Lipinski definition) is 3. The van der Waals surface area contributed by atoms with Gasteiger partial charge in [0.2, 0.25) is 5.91 Å². The minimum Gasteiger partial charge on any atom is -0.353 e. The first-order chi connectivity index (χ1) is 10.1. The van der Waals surface area contributed by atoms with Crippen molar-refractivity contribution in [1.29, 1.82) is 0 Å². The fraction of sp³-hybridized carbons (Fsp3) is 0.625. The topological polar surface area (TPSA) is 58.2 Å². The van der Waals surface area contributed by atoms with Gasteiger partial charge in [0, 0.05) is 19.0 Å². The summed E-state index contributed by atoms with van der Waals surface area (Å²) in [6.07, 6.45) is 3.85. The van der Waals surface area contributed by atoms with E-state index in [-0.39, 0.29) is 17.9 Å². The molecular formula is C16H24N2O2S. The molecule has 0 saturated heterocycles. The van der Waals surface area contributed by atoms with Gasteiger partial charge in [-0.15, -0.1) is 11.3 Å². The molecule has 0 radical (unpaired) electrons. The third kappa shape index (κ3) is 4.56. The Bertz CT molecular complexity index is 473. The van der Waals surface area contributed by atoms with Crippen molar-refractivity contribution in [3.05, 3.63) is 22.4 Å². The summed E-state index contributed by atoms with van der Waals surface area (Å²) in [5.74, 6) is 1.14. The average molecular weight is 308 g/mol. The minimum atomic E-state index is -0.0996. The lowest BCUT2D eigenvalue weighted by atomic mass is 9.78. The van der Waals surface area contributed by atoms with E-state index in [9.17, 15) is 9.59 Å². The molecule has 1 aromatic heterocycles. The first kappa shape index (κ1) is 16.0. The molecule has 1 aliphatic rings. The maximum atomic E-state index is 12.0. The lowest BCUT2D eigenvalue weighted by Crippen LogP contribution is -2.44. The monoisotopic (exact) mass is 308 g/mol. The number of hydrogen-bond donors (Lipinski definition) is 2. The highest BCUT2D eigenvalue weighted by Crippen LogP contribution is 2.29. The van der Waals surface area contributed by atoms with Crippen LogP contribution in [0.2, 0.25) is 0 Å². The van der Waals surface area contributed by atoms with E-state index in [1.54, 1.807) is 6.07 Å². The van der Waals surface area contributed by atoms with Crippen LogP contribution in [0.1, 0.15) is 49.2 Å². The van der Waals surface area contributed by atoms with Gasteiger partial charge in [-0.3, -0.25) is 9.59 Å². The van der Waals surface area contributed by atoms with E-state index in [4.69, 9.17) is 0 Å². The van der Waals surface area contributed by atoms with Crippen molar-refractivity contribution in [1.82, 2.24) is 10.6 Å². The maximum Gasteiger partial charge on any atom is 0.261 e. The Morgan fingerprint density at radius 2 is 2.14 bits per heavy atom. The summed E-state index contributed by atoms with van der Waals surface area (Å²) in [6, 6.07) is 3.91. The van der Waals surface area contributed by atoms with Crippen molar-refractivity contribution in [3.8, 4) is 0 Å². The summed E-state index contributed by atoms with van der Waals surface area (Å²) in [5.41, 5.74) is 0. The Kier molecular flexibility index (Phi) is 5.79. The third-order valence-corrected chi connectivity index (χ3v) is 5.30. The highest BCUT2D eigenvalue weighted by molar-refractivity contribution is 7.12. The fourth-order valence-corrected chi connectivity index (χ4v) is 3.49. The molecule has 2 amide bonds. The second-order valence-corrected chi connectivity index (χ2v) is 6.87. The van der Waals surface area contributed by atoms with Crippen molar-refractivity contribution in [2.75, 3.05) is 6.54 Å². The Balaban J connectivity index is 1.69. The van der Waals surface area contributed by atoms with Crippen LogP contribution in [-0.4, -0.2) is 24.4 Å². The van der Waals surface area contributed by atoms with Crippen LogP contribution in [0, 0.1) is 11.8 Å². The molecular weight excluding hydrogens is 284 g/mol. The standard InChI is InChI=1S/C16H24N2O2S/c1-11-5-3-6-13(12(11)2)18-15(19)8-9-17-16(20)14-7-4-10-21-14/h4,7,10-13H,3,5-6,8-9H2,1-2H3,(H,17,20)(H,18,19)/t11-,12-,13-/m1/s1. The Hall–Kier alpha value is -1.36. The zero-order valence-electron chi connectivity index (χ0n) is 12.7. The maximum absolute atomic E-state index is 12.0. The average Bonchev–Trinajstić information content (AvgIpc) is 2.98. The highest BCUT2D eigenvalue weighted by atomic mass is 32.1. The molecule has 0 aliphatic heterocycles. The summed E-state index contributed by atoms with van der Waals surface area (Å²) in [7, 11) is 0. The second kappa shape index (κ2) is 7.59. The van der Waals surface area contributed by atoms with Crippen LogP contribution < -0.4 is 10.6 Å². The van der Waals surface area contributed by atoms with E-state index in [1.165, 1.54) is 24.2 Å². The molecule has 0 spiro atoms. The van der Waals surface area contributed by atoms with Gasteiger partial charge < -0.3 is 10.6 Å². The van der Waals surface area contributed by atoms with E-state index < -0.39 is 0 Å². The van der Waals surface area contributed by atoms with E-state index in [1.807, 2.05) is 11.4 Å². The molecule has 0 aromatic carbocycles. The van der Waals surface area contributed by atoms with Crippen molar-refractivity contribution >= 4 is 23.2 Å². The molecule has 4 nitrogen and oxygen atoms in total. The molecule has 1 aliphatic carbocycles. The number of amides is 2. The van der Waals surface area contributed by atoms with Gasteiger partial charge in [-0.05, 0) is 29.7 Å². The van der Waals surface area contributed by atoms with Crippen molar-refractivity contribution < 1.29 is 9.59 Å². The van der Waals surface area contributed by atoms with Gasteiger partial charge in [0.25, 0.3) is 5.91 Å². The van der Waals surface area contributed by atoms with Crippen LogP contribution in [0.4, 0.5) is 0 Å². The van der Waals surface area contributed by atoms with Crippen molar-refractivity contribution in [3.63, 3.8) is 0 Å². The van der Waals surface area contributed by atoms with Crippen molar-refractivity contribution in [2.45, 2.75) is 45.6 Å². The SMILES string of the molecule is C[C@@H]1[C@H](C)CCC[C@H]1NC(=O)CCNC(=O)c1cccs1. The lowest BCUT2D eigenvalue weighted by Gasteiger charge is -2.34. The quantitative estimate of drug-likeness (QED) is 0.879. The van der Waals surface area contributed by atoms with E-state index in [0.29, 0.717) is 29.7 Å². The van der Waals surface area contributed by atoms with E-state index >= 15 is 0 Å². The summed E-state index contributed by atoms with van der Waals surface area (Å²) < 4.78 is 0. The number of thiophene rings is 1. The summed E-state index contributed by atoms with van der Waals surface area (Å²) in [4.78, 5) is 24.4. The molecule has 1 aromatic rings. The molecule has 116 valence electrons. The third-order valence-electron chi connectivity index (χ3n) is 4.44. The molecule has 5 heteroatoms. The van der Waals surface area contributed by atoms with Crippen LogP contribution in [0.25, 0.3) is 0 Å². The minimum absolute atomic E-state index is 0.0347. The second-order valence-electron chi connectivity index (χ2n) is 5.92. The molecule has 21 heavy (non-hydrogen) atoms. The van der Waals surface area contributed by atoms with Gasteiger partial charge in [0.1, 0.15) is 0 Å². The fourth-order valence-electron chi connectivity index (χ4n) is 2.85. The van der Waals surface area contributed by atoms with Gasteiger partial charge in [-0.1, -0.05) is 32.8 Å². The van der Waals surface area contributed by atoms with Gasteiger partial charge in [-0.25, -0.2) is 0 Å². The van der Waals surface area contributed by atoms with E-state index in [2.05, 4.69) is 24.5 Å². The molecule has 0 unspecified atom stereocenters. The van der Waals surface area contributed by atoms with Crippen LogP contribution in [0.15, 0.2) is 17.5 Å². The van der Waals surface area contributed by atoms with Gasteiger partial charge in [-0.2, -0.15) is 0 Å². The zero-order valence-corrected chi connectivity index (χ0v) is 13.5. The molecule has 1 saturated carbocycles. The predicted molar refractivity (Wildman–Crippen MR) is 85.4 cm³/mol. The zero-order chi connectivity index (χ0) is 15.2. The largest absolute Gasteiger partial charge is 0.353 e. The first-order valence-corrected chi connectivity index (χ1v) is 8.57. The van der Waals surface area contributed by atoms with E-state index in [0.717, 1.165) is 6.42 Å². The lowest BCUT2D eigenvalue weighted by molar-refractivity contribution is -0.122. The van der Waals surface area contributed by atoms with Gasteiger partial charge in [0.15, 0.2) is 0 Å². The summed E-state index contributed by atoms with van der Waals surface area (Å²) in [5, 5.41) is 7.77. The Morgan fingerprint density at radius 1 is 1.33 bits per heavy atom. The molecule has 2 rings (SSSR count). The summed E-state index contributed by atoms with van der Waals surface area (Å²) >= 11 is 1.41. The molecule has 1 heterocycles. The highest BCUT2D eigenvalue weighted by Gasteiger charge is 2.27.